The SMILES string of the molecule is [CH]1CC=CONN1. The summed E-state index contributed by atoms with van der Waals surface area (Å²) >= 11 is 0. The van der Waals surface area contributed by atoms with Gasteiger partial charge in [0.05, 0.1) is 0 Å². The summed E-state index contributed by atoms with van der Waals surface area (Å²) in [6.45, 7) is 1.85. The summed E-state index contributed by atoms with van der Waals surface area (Å²) < 4.78 is 0. The van der Waals surface area contributed by atoms with Crippen LogP contribution in [0.15, 0.2) is 12.3 Å². The quantitative estimate of drug-likeness (QED) is 0.451. The molecule has 0 aromatic heterocycles. The molecule has 0 spiro atoms. The smallest absolute Gasteiger partial charge is 0.109 e. The fourth-order valence-corrected chi connectivity index (χ4v) is 0.340. The lowest BCUT2D eigenvalue weighted by Gasteiger charge is -1.96. The molecular formula is C4H7N2O. The van der Waals surface area contributed by atoms with Crippen LogP contribution in [0.25, 0.3) is 0 Å². The Balaban J connectivity index is 2.20. The Kier molecular flexibility index (Phi) is 1.72. The average Bonchev–Trinajstić information content (AvgIpc) is 1.90. The molecule has 39 valence electrons. The van der Waals surface area contributed by atoms with Gasteiger partial charge in [-0.15, -0.1) is 0 Å². The van der Waals surface area contributed by atoms with E-state index in [0.29, 0.717) is 0 Å². The van der Waals surface area contributed by atoms with Crippen molar-refractivity contribution in [1.29, 1.82) is 0 Å². The summed E-state index contributed by atoms with van der Waals surface area (Å²) in [6, 6.07) is 0. The molecule has 0 bridgehead atoms. The molecule has 0 amide bonds. The highest BCUT2D eigenvalue weighted by atomic mass is 16.7. The lowest BCUT2D eigenvalue weighted by atomic mass is 10.4. The molecule has 0 fully saturated rings. The Morgan fingerprint density at radius 2 is 2.57 bits per heavy atom. The van der Waals surface area contributed by atoms with E-state index in [1.54, 1.807) is 6.26 Å². The minimum absolute atomic E-state index is 0.896. The van der Waals surface area contributed by atoms with Crippen molar-refractivity contribution < 1.29 is 4.84 Å². The van der Waals surface area contributed by atoms with Crippen LogP contribution in [0, 0.1) is 6.54 Å². The van der Waals surface area contributed by atoms with Crippen molar-refractivity contribution in [3.05, 3.63) is 18.9 Å². The molecule has 0 atom stereocenters. The molecule has 0 aromatic carbocycles. The number of hydrogen-bond donors (Lipinski definition) is 2. The highest BCUT2D eigenvalue weighted by Gasteiger charge is 1.85. The normalized spacial score (nSPS) is 20.6. The fraction of sp³-hybridized carbons (Fsp3) is 0.250. The van der Waals surface area contributed by atoms with E-state index in [1.807, 2.05) is 12.6 Å². The van der Waals surface area contributed by atoms with Gasteiger partial charge < -0.3 is 4.84 Å². The second kappa shape index (κ2) is 2.60. The molecule has 3 nitrogen and oxygen atoms in total. The molecule has 1 radical (unpaired) electrons. The molecule has 1 heterocycles. The summed E-state index contributed by atoms with van der Waals surface area (Å²) in [7, 11) is 0. The molecular weight excluding hydrogens is 92.1 g/mol. The van der Waals surface area contributed by atoms with Crippen molar-refractivity contribution >= 4 is 0 Å². The lowest BCUT2D eigenvalue weighted by molar-refractivity contribution is 0.107. The summed E-state index contributed by atoms with van der Waals surface area (Å²) in [6.07, 6.45) is 4.39. The van der Waals surface area contributed by atoms with Crippen LogP contribution in [0.3, 0.4) is 0 Å². The molecule has 1 aliphatic heterocycles. The van der Waals surface area contributed by atoms with E-state index in [4.69, 9.17) is 0 Å². The zero-order chi connectivity index (χ0) is 4.95. The lowest BCUT2D eigenvalue weighted by Crippen LogP contribution is -2.25. The molecule has 0 aliphatic carbocycles. The first-order valence-electron chi connectivity index (χ1n) is 2.13. The topological polar surface area (TPSA) is 33.3 Å². The Labute approximate surface area is 42.3 Å². The third kappa shape index (κ3) is 1.57. The van der Waals surface area contributed by atoms with Crippen molar-refractivity contribution in [1.82, 2.24) is 11.0 Å². The van der Waals surface area contributed by atoms with Gasteiger partial charge in [0, 0.05) is 6.54 Å². The molecule has 3 heteroatoms. The maximum atomic E-state index is 4.62. The van der Waals surface area contributed by atoms with Crippen LogP contribution >= 0.6 is 0 Å². The van der Waals surface area contributed by atoms with Gasteiger partial charge in [0.15, 0.2) is 0 Å². The first-order valence-corrected chi connectivity index (χ1v) is 2.13. The third-order valence-corrected chi connectivity index (χ3v) is 0.638. The summed E-state index contributed by atoms with van der Waals surface area (Å²) in [5.74, 6) is 0. The Bertz CT molecular complexity index is 64.1. The van der Waals surface area contributed by atoms with E-state index >= 15 is 0 Å². The van der Waals surface area contributed by atoms with Crippen molar-refractivity contribution in [3.8, 4) is 0 Å². The monoisotopic (exact) mass is 99.1 g/mol. The standard InChI is InChI=1S/C4H7N2O/c1-2-4-7-6-5-3-1/h2-6H,1H2. The van der Waals surface area contributed by atoms with Crippen LogP contribution in [-0.4, -0.2) is 0 Å². The second-order valence-electron chi connectivity index (χ2n) is 1.18. The van der Waals surface area contributed by atoms with Gasteiger partial charge in [0.2, 0.25) is 0 Å². The van der Waals surface area contributed by atoms with Crippen molar-refractivity contribution in [2.75, 3.05) is 0 Å². The van der Waals surface area contributed by atoms with Gasteiger partial charge >= 0.3 is 0 Å². The molecule has 0 saturated carbocycles. The van der Waals surface area contributed by atoms with Gasteiger partial charge in [-0.25, -0.2) is 5.43 Å². The molecule has 0 unspecified atom stereocenters. The van der Waals surface area contributed by atoms with E-state index in [0.717, 1.165) is 6.42 Å². The maximum Gasteiger partial charge on any atom is 0.109 e. The van der Waals surface area contributed by atoms with Gasteiger partial charge in [0.25, 0.3) is 0 Å². The number of hydrogen-bond acceptors (Lipinski definition) is 3. The number of nitrogens with one attached hydrogen (secondary N) is 2. The van der Waals surface area contributed by atoms with E-state index < -0.39 is 0 Å². The third-order valence-electron chi connectivity index (χ3n) is 0.638. The van der Waals surface area contributed by atoms with E-state index in [2.05, 4.69) is 15.9 Å². The predicted octanol–water partition coefficient (Wildman–Crippen LogP) is 0.0914. The maximum absolute atomic E-state index is 4.62. The van der Waals surface area contributed by atoms with Crippen molar-refractivity contribution in [2.45, 2.75) is 6.42 Å². The van der Waals surface area contributed by atoms with Gasteiger partial charge in [0.1, 0.15) is 6.26 Å². The van der Waals surface area contributed by atoms with Crippen LogP contribution in [0.4, 0.5) is 0 Å². The molecule has 1 rings (SSSR count). The molecule has 7 heavy (non-hydrogen) atoms. The van der Waals surface area contributed by atoms with E-state index in [9.17, 15) is 0 Å². The second-order valence-corrected chi connectivity index (χ2v) is 1.18. The van der Waals surface area contributed by atoms with Gasteiger partial charge in [-0.3, -0.25) is 0 Å². The molecule has 0 aromatic rings. The number of rotatable bonds is 0. The molecule has 0 saturated heterocycles. The van der Waals surface area contributed by atoms with Crippen LogP contribution < -0.4 is 11.0 Å². The minimum atomic E-state index is 0.896. The van der Waals surface area contributed by atoms with Crippen LogP contribution in [-0.2, 0) is 4.84 Å². The van der Waals surface area contributed by atoms with Crippen LogP contribution in [0.2, 0.25) is 0 Å². The van der Waals surface area contributed by atoms with Gasteiger partial charge in [-0.1, -0.05) is 5.59 Å². The zero-order valence-electron chi connectivity index (χ0n) is 3.85. The molecule has 1 aliphatic rings. The Hall–Kier alpha value is -0.540. The number of hydrazine groups is 1. The predicted molar refractivity (Wildman–Crippen MR) is 25.4 cm³/mol. The molecule has 2 N–H and O–H groups in total. The van der Waals surface area contributed by atoms with E-state index in [-0.39, 0.29) is 0 Å². The summed E-state index contributed by atoms with van der Waals surface area (Å²) in [5, 5.41) is 0. The van der Waals surface area contributed by atoms with Crippen molar-refractivity contribution in [3.63, 3.8) is 0 Å². The van der Waals surface area contributed by atoms with Crippen LogP contribution in [0.5, 0.6) is 0 Å². The minimum Gasteiger partial charge on any atom is -0.402 e. The fourth-order valence-electron chi connectivity index (χ4n) is 0.340. The highest BCUT2D eigenvalue weighted by Crippen LogP contribution is 1.86. The first-order chi connectivity index (χ1) is 3.50. The van der Waals surface area contributed by atoms with Gasteiger partial charge in [-0.05, 0) is 12.5 Å². The van der Waals surface area contributed by atoms with Crippen molar-refractivity contribution in [2.24, 2.45) is 0 Å². The van der Waals surface area contributed by atoms with Crippen LogP contribution in [0.1, 0.15) is 6.42 Å². The first kappa shape index (κ1) is 4.61. The van der Waals surface area contributed by atoms with E-state index in [1.165, 1.54) is 0 Å². The summed E-state index contributed by atoms with van der Waals surface area (Å²) in [5.41, 5.74) is 5.14. The zero-order valence-corrected chi connectivity index (χ0v) is 3.85. The summed E-state index contributed by atoms with van der Waals surface area (Å²) in [4.78, 5) is 4.62. The van der Waals surface area contributed by atoms with Gasteiger partial charge in [-0.2, -0.15) is 0 Å². The Morgan fingerprint density at radius 1 is 1.57 bits per heavy atom. The average molecular weight is 99.1 g/mol. The Morgan fingerprint density at radius 3 is 3.57 bits per heavy atom. The largest absolute Gasteiger partial charge is 0.402 e. The highest BCUT2D eigenvalue weighted by molar-refractivity contribution is 4.80.